The van der Waals surface area contributed by atoms with Gasteiger partial charge in [-0.15, -0.1) is 0 Å². The summed E-state index contributed by atoms with van der Waals surface area (Å²) in [5.74, 6) is 0.412. The first-order valence-corrected chi connectivity index (χ1v) is 11.1. The first-order valence-electron chi connectivity index (χ1n) is 11.1. The van der Waals surface area contributed by atoms with Crippen molar-refractivity contribution in [3.05, 3.63) is 35.9 Å². The first-order chi connectivity index (χ1) is 14.9. The summed E-state index contributed by atoms with van der Waals surface area (Å²) in [6.07, 6.45) is 4.99. The average molecular weight is 424 g/mol. The van der Waals surface area contributed by atoms with E-state index >= 15 is 0 Å². The Balaban J connectivity index is 1.33. The number of imide groups is 1. The fourth-order valence-electron chi connectivity index (χ4n) is 5.59. The Morgan fingerprint density at radius 3 is 2.23 bits per heavy atom. The number of benzene rings is 1. The lowest BCUT2D eigenvalue weighted by Crippen LogP contribution is -2.50. The molecule has 0 spiro atoms. The van der Waals surface area contributed by atoms with Crippen LogP contribution in [-0.4, -0.2) is 41.9 Å². The number of amides is 3. The van der Waals surface area contributed by atoms with E-state index in [9.17, 15) is 14.4 Å². The molecule has 6 atom stereocenters. The number of likely N-dealkylation sites (tertiary alicyclic amines) is 1. The van der Waals surface area contributed by atoms with Crippen LogP contribution in [0.4, 0.5) is 0 Å². The summed E-state index contributed by atoms with van der Waals surface area (Å²) < 4.78 is 11.3. The first kappa shape index (κ1) is 20.1. The van der Waals surface area contributed by atoms with Crippen molar-refractivity contribution in [2.75, 3.05) is 13.2 Å². The molecule has 0 aromatic heterocycles. The van der Waals surface area contributed by atoms with Gasteiger partial charge in [-0.2, -0.15) is 0 Å². The van der Waals surface area contributed by atoms with E-state index in [1.807, 2.05) is 32.0 Å². The van der Waals surface area contributed by atoms with E-state index in [0.29, 0.717) is 24.7 Å². The van der Waals surface area contributed by atoms with Crippen LogP contribution in [0.2, 0.25) is 0 Å². The van der Waals surface area contributed by atoms with E-state index in [1.54, 1.807) is 6.92 Å². The molecule has 1 saturated carbocycles. The molecule has 2 aliphatic carbocycles. The lowest BCUT2D eigenvalue weighted by Gasteiger charge is -2.29. The highest BCUT2D eigenvalue weighted by molar-refractivity contribution is 6.09. The molecule has 5 rings (SSSR count). The highest BCUT2D eigenvalue weighted by Crippen LogP contribution is 2.52. The maximum Gasteiger partial charge on any atom is 0.243 e. The molecular formula is C24H28N2O5. The average Bonchev–Trinajstić information content (AvgIpc) is 3.44. The van der Waals surface area contributed by atoms with Gasteiger partial charge in [0.05, 0.1) is 17.9 Å². The second-order valence-corrected chi connectivity index (χ2v) is 9.36. The van der Waals surface area contributed by atoms with Crippen LogP contribution < -0.4 is 14.8 Å². The standard InChI is InChI=1S/C24H28N2O5/c1-12(2)21(16-6-7-17-18(11-16)31-9-8-30-17)25-22(27)13(3)26-23(28)19-14-4-5-15(10-14)20(19)24(26)29/h4-7,11-15,19-21H,8-10H2,1-3H3,(H,25,27). The zero-order valence-corrected chi connectivity index (χ0v) is 18.0. The summed E-state index contributed by atoms with van der Waals surface area (Å²) in [4.78, 5) is 40.5. The minimum atomic E-state index is -0.844. The lowest BCUT2D eigenvalue weighted by atomic mass is 9.85. The van der Waals surface area contributed by atoms with Crippen LogP contribution in [0.25, 0.3) is 0 Å². The van der Waals surface area contributed by atoms with Crippen molar-refractivity contribution in [3.8, 4) is 11.5 Å². The molecule has 1 aromatic carbocycles. The maximum absolute atomic E-state index is 13.2. The van der Waals surface area contributed by atoms with Gasteiger partial charge in [0.1, 0.15) is 19.3 Å². The van der Waals surface area contributed by atoms with Gasteiger partial charge in [-0.25, -0.2) is 0 Å². The molecule has 1 aromatic rings. The van der Waals surface area contributed by atoms with Gasteiger partial charge in [0.15, 0.2) is 11.5 Å². The number of hydrogen-bond donors (Lipinski definition) is 1. The molecule has 6 unspecified atom stereocenters. The van der Waals surface area contributed by atoms with E-state index in [1.165, 1.54) is 4.90 Å². The molecule has 1 saturated heterocycles. The van der Waals surface area contributed by atoms with Crippen LogP contribution in [0.1, 0.15) is 38.8 Å². The fraction of sp³-hybridized carbons (Fsp3) is 0.542. The second kappa shape index (κ2) is 7.39. The van der Waals surface area contributed by atoms with Gasteiger partial charge < -0.3 is 14.8 Å². The number of carbonyl (C=O) groups excluding carboxylic acids is 3. The molecule has 2 aliphatic heterocycles. The molecule has 2 fully saturated rings. The number of rotatable bonds is 5. The van der Waals surface area contributed by atoms with Gasteiger partial charge >= 0.3 is 0 Å². The smallest absolute Gasteiger partial charge is 0.243 e. The summed E-state index contributed by atoms with van der Waals surface area (Å²) in [5.41, 5.74) is 0.901. The van der Waals surface area contributed by atoms with E-state index in [0.717, 1.165) is 12.0 Å². The molecule has 2 heterocycles. The van der Waals surface area contributed by atoms with Crippen molar-refractivity contribution in [1.29, 1.82) is 0 Å². The molecule has 31 heavy (non-hydrogen) atoms. The van der Waals surface area contributed by atoms with Gasteiger partial charge in [-0.1, -0.05) is 32.1 Å². The Hall–Kier alpha value is -2.83. The molecule has 7 nitrogen and oxygen atoms in total. The van der Waals surface area contributed by atoms with Gasteiger partial charge in [0, 0.05) is 0 Å². The number of nitrogens with zero attached hydrogens (tertiary/aromatic N) is 1. The Morgan fingerprint density at radius 1 is 1.00 bits per heavy atom. The van der Waals surface area contributed by atoms with Gasteiger partial charge in [-0.3, -0.25) is 19.3 Å². The topological polar surface area (TPSA) is 84.9 Å². The highest BCUT2D eigenvalue weighted by atomic mass is 16.6. The van der Waals surface area contributed by atoms with Crippen LogP contribution in [0.3, 0.4) is 0 Å². The number of fused-ring (bicyclic) bond motifs is 6. The quantitative estimate of drug-likeness (QED) is 0.580. The number of carbonyl (C=O) groups is 3. The molecular weight excluding hydrogens is 396 g/mol. The van der Waals surface area contributed by atoms with Crippen molar-refractivity contribution < 1.29 is 23.9 Å². The SMILES string of the molecule is CC(C)C(NC(=O)C(C)N1C(=O)C2C3C=CC(C3)C2C1=O)c1ccc2c(c1)OCCO2. The zero-order chi connectivity index (χ0) is 21.9. The lowest BCUT2D eigenvalue weighted by molar-refractivity contribution is -0.148. The number of allylic oxidation sites excluding steroid dienone is 2. The number of hydrogen-bond acceptors (Lipinski definition) is 5. The normalized spacial score (nSPS) is 30.0. The predicted octanol–water partition coefficient (Wildman–Crippen LogP) is 2.47. The minimum absolute atomic E-state index is 0.100. The third kappa shape index (κ3) is 3.13. The van der Waals surface area contributed by atoms with Gasteiger partial charge in [-0.05, 0) is 48.8 Å². The predicted molar refractivity (Wildman–Crippen MR) is 112 cm³/mol. The van der Waals surface area contributed by atoms with E-state index in [-0.39, 0.29) is 53.4 Å². The van der Waals surface area contributed by atoms with Crippen molar-refractivity contribution in [2.24, 2.45) is 29.6 Å². The minimum Gasteiger partial charge on any atom is -0.486 e. The van der Waals surface area contributed by atoms with Crippen LogP contribution >= 0.6 is 0 Å². The summed E-state index contributed by atoms with van der Waals surface area (Å²) in [7, 11) is 0. The Labute approximate surface area is 181 Å². The Morgan fingerprint density at radius 2 is 1.61 bits per heavy atom. The van der Waals surface area contributed by atoms with Crippen molar-refractivity contribution in [2.45, 2.75) is 39.3 Å². The zero-order valence-electron chi connectivity index (χ0n) is 18.0. The van der Waals surface area contributed by atoms with Crippen LogP contribution in [0.5, 0.6) is 11.5 Å². The third-order valence-electron chi connectivity index (χ3n) is 7.16. The fourth-order valence-corrected chi connectivity index (χ4v) is 5.59. The Kier molecular flexibility index (Phi) is 4.79. The van der Waals surface area contributed by atoms with Crippen LogP contribution in [0, 0.1) is 29.6 Å². The molecule has 7 heteroatoms. The van der Waals surface area contributed by atoms with Gasteiger partial charge in [0.2, 0.25) is 17.7 Å². The molecule has 4 aliphatic rings. The van der Waals surface area contributed by atoms with Crippen molar-refractivity contribution in [1.82, 2.24) is 10.2 Å². The van der Waals surface area contributed by atoms with Crippen molar-refractivity contribution >= 4 is 17.7 Å². The van der Waals surface area contributed by atoms with E-state index in [4.69, 9.17) is 9.47 Å². The highest BCUT2D eigenvalue weighted by Gasteiger charge is 2.60. The number of nitrogens with one attached hydrogen (secondary N) is 1. The monoisotopic (exact) mass is 424 g/mol. The molecule has 3 amide bonds. The summed E-state index contributed by atoms with van der Waals surface area (Å²) in [5, 5.41) is 3.06. The molecule has 0 radical (unpaired) electrons. The van der Waals surface area contributed by atoms with Crippen LogP contribution in [0.15, 0.2) is 30.4 Å². The molecule has 164 valence electrons. The Bertz CT molecular complexity index is 941. The largest absolute Gasteiger partial charge is 0.486 e. The maximum atomic E-state index is 13.2. The van der Waals surface area contributed by atoms with Gasteiger partial charge in [0.25, 0.3) is 0 Å². The molecule has 2 bridgehead atoms. The molecule has 1 N–H and O–H groups in total. The third-order valence-corrected chi connectivity index (χ3v) is 7.16. The van der Waals surface area contributed by atoms with Crippen LogP contribution in [-0.2, 0) is 14.4 Å². The van der Waals surface area contributed by atoms with Crippen molar-refractivity contribution in [3.63, 3.8) is 0 Å². The summed E-state index contributed by atoms with van der Waals surface area (Å²) in [6, 6.07) is 4.54. The summed E-state index contributed by atoms with van der Waals surface area (Å²) in [6.45, 7) is 6.69. The van der Waals surface area contributed by atoms with E-state index in [2.05, 4.69) is 17.5 Å². The van der Waals surface area contributed by atoms with E-state index < -0.39 is 6.04 Å². The summed E-state index contributed by atoms with van der Waals surface area (Å²) >= 11 is 0. The second-order valence-electron chi connectivity index (χ2n) is 9.36. The number of ether oxygens (including phenoxy) is 2.